The first-order valence-electron chi connectivity index (χ1n) is 12.6. The average Bonchev–Trinajstić information content (AvgIpc) is 3.40. The van der Waals surface area contributed by atoms with Gasteiger partial charge in [0.25, 0.3) is 11.5 Å². The lowest BCUT2D eigenvalue weighted by Gasteiger charge is -2.10. The van der Waals surface area contributed by atoms with E-state index >= 15 is 0 Å². The summed E-state index contributed by atoms with van der Waals surface area (Å²) in [7, 11) is 0. The van der Waals surface area contributed by atoms with Gasteiger partial charge in [-0.15, -0.1) is 0 Å². The molecule has 11 heteroatoms. The number of hydrogen-bond donors (Lipinski definition) is 1. The Morgan fingerprint density at radius 2 is 1.79 bits per heavy atom. The Morgan fingerprint density at radius 3 is 2.60 bits per heavy atom. The van der Waals surface area contributed by atoms with Gasteiger partial charge >= 0.3 is 0 Å². The van der Waals surface area contributed by atoms with Crippen molar-refractivity contribution >= 4 is 78.8 Å². The Hall–Kier alpha value is -4.44. The van der Waals surface area contributed by atoms with Gasteiger partial charge in [-0.1, -0.05) is 35.3 Å². The molecule has 0 aliphatic carbocycles. The lowest BCUT2D eigenvalue weighted by Crippen LogP contribution is -2.20. The number of hydrogen-bond acceptors (Lipinski definition) is 6. The van der Waals surface area contributed by atoms with Gasteiger partial charge < -0.3 is 14.5 Å². The van der Waals surface area contributed by atoms with Crippen LogP contribution in [-0.4, -0.2) is 28.4 Å². The molecule has 0 bridgehead atoms. The molecule has 2 heterocycles. The molecule has 0 unspecified atom stereocenters. The van der Waals surface area contributed by atoms with Crippen molar-refractivity contribution in [2.24, 2.45) is 5.10 Å². The first kappa shape index (κ1) is 27.7. The van der Waals surface area contributed by atoms with Gasteiger partial charge in [0.05, 0.1) is 21.6 Å². The van der Waals surface area contributed by atoms with Gasteiger partial charge in [-0.25, -0.2) is 4.98 Å². The Balaban J connectivity index is 1.26. The zero-order valence-corrected chi connectivity index (χ0v) is 24.7. The van der Waals surface area contributed by atoms with Crippen molar-refractivity contribution in [1.29, 1.82) is 0 Å². The SMILES string of the molecule is O=C(COc1ccc(C=Nn2c(-c3cc4cc(Cl)ccc4o3)nc3ccccc3c2=O)cc1Br)Nc1ccc(Cl)cc1. The Bertz CT molecular complexity index is 2060. The number of fused-ring (bicyclic) bond motifs is 2. The van der Waals surface area contributed by atoms with Crippen LogP contribution in [0.1, 0.15) is 5.56 Å². The number of furan rings is 1. The number of carbonyl (C=O) groups is 1. The summed E-state index contributed by atoms with van der Waals surface area (Å²) in [6.07, 6.45) is 1.53. The number of para-hydroxylation sites is 1. The third-order valence-electron chi connectivity index (χ3n) is 6.22. The molecule has 0 spiro atoms. The van der Waals surface area contributed by atoms with Crippen molar-refractivity contribution in [3.63, 3.8) is 0 Å². The molecule has 8 nitrogen and oxygen atoms in total. The highest BCUT2D eigenvalue weighted by Gasteiger charge is 2.17. The van der Waals surface area contributed by atoms with Crippen LogP contribution in [-0.2, 0) is 4.79 Å². The maximum absolute atomic E-state index is 13.5. The van der Waals surface area contributed by atoms with Crippen molar-refractivity contribution in [3.05, 3.63) is 121 Å². The number of carbonyl (C=O) groups excluding carboxylic acids is 1. The number of rotatable bonds is 7. The lowest BCUT2D eigenvalue weighted by atomic mass is 10.2. The molecule has 0 aliphatic heterocycles. The van der Waals surface area contributed by atoms with Crippen LogP contribution in [0.5, 0.6) is 5.75 Å². The highest BCUT2D eigenvalue weighted by atomic mass is 79.9. The zero-order valence-electron chi connectivity index (χ0n) is 21.6. The van der Waals surface area contributed by atoms with Gasteiger partial charge in [-0.2, -0.15) is 9.78 Å². The molecule has 208 valence electrons. The third-order valence-corrected chi connectivity index (χ3v) is 7.32. The largest absolute Gasteiger partial charge is 0.483 e. The van der Waals surface area contributed by atoms with Gasteiger partial charge in [0, 0.05) is 21.1 Å². The molecule has 0 fully saturated rings. The maximum Gasteiger partial charge on any atom is 0.282 e. The van der Waals surface area contributed by atoms with Crippen molar-refractivity contribution in [2.75, 3.05) is 11.9 Å². The molecule has 42 heavy (non-hydrogen) atoms. The summed E-state index contributed by atoms with van der Waals surface area (Å²) in [5, 5.41) is 9.56. The molecule has 2 aromatic heterocycles. The number of anilines is 1. The van der Waals surface area contributed by atoms with Gasteiger partial charge in [0.15, 0.2) is 12.4 Å². The smallest absolute Gasteiger partial charge is 0.282 e. The fourth-order valence-electron chi connectivity index (χ4n) is 4.23. The van der Waals surface area contributed by atoms with Crippen LogP contribution in [0.25, 0.3) is 33.5 Å². The number of aromatic nitrogens is 2. The number of amides is 1. The molecular formula is C31H19BrCl2N4O4. The number of benzene rings is 4. The van der Waals surface area contributed by atoms with E-state index in [1.165, 1.54) is 10.9 Å². The molecular weight excluding hydrogens is 643 g/mol. The summed E-state index contributed by atoms with van der Waals surface area (Å²) in [5.41, 5.74) is 2.06. The van der Waals surface area contributed by atoms with Crippen molar-refractivity contribution in [2.45, 2.75) is 0 Å². The quantitative estimate of drug-likeness (QED) is 0.176. The lowest BCUT2D eigenvalue weighted by molar-refractivity contribution is -0.118. The third kappa shape index (κ3) is 5.94. The highest BCUT2D eigenvalue weighted by Crippen LogP contribution is 2.29. The Morgan fingerprint density at radius 1 is 1.00 bits per heavy atom. The van der Waals surface area contributed by atoms with E-state index in [1.54, 1.807) is 84.9 Å². The summed E-state index contributed by atoms with van der Waals surface area (Å²) in [6.45, 7) is -0.196. The number of nitrogens with zero attached hydrogens (tertiary/aromatic N) is 3. The summed E-state index contributed by atoms with van der Waals surface area (Å²) in [4.78, 5) is 30.5. The fourth-order valence-corrected chi connectivity index (χ4v) is 5.04. The van der Waals surface area contributed by atoms with Crippen LogP contribution in [0, 0.1) is 0 Å². The predicted octanol–water partition coefficient (Wildman–Crippen LogP) is 7.78. The van der Waals surface area contributed by atoms with E-state index in [9.17, 15) is 9.59 Å². The molecule has 0 saturated heterocycles. The van der Waals surface area contributed by atoms with Crippen molar-refractivity contribution in [3.8, 4) is 17.3 Å². The molecule has 1 N–H and O–H groups in total. The molecule has 1 amide bonds. The van der Waals surface area contributed by atoms with Crippen LogP contribution < -0.4 is 15.6 Å². The summed E-state index contributed by atoms with van der Waals surface area (Å²) < 4.78 is 13.5. The van der Waals surface area contributed by atoms with Crippen LogP contribution in [0.3, 0.4) is 0 Å². The maximum atomic E-state index is 13.5. The second-order valence-electron chi connectivity index (χ2n) is 9.14. The first-order valence-corrected chi connectivity index (χ1v) is 14.1. The predicted molar refractivity (Wildman–Crippen MR) is 169 cm³/mol. The highest BCUT2D eigenvalue weighted by molar-refractivity contribution is 9.10. The van der Waals surface area contributed by atoms with Crippen molar-refractivity contribution in [1.82, 2.24) is 9.66 Å². The van der Waals surface area contributed by atoms with Crippen LogP contribution in [0.2, 0.25) is 10.0 Å². The first-order chi connectivity index (χ1) is 20.3. The molecule has 0 saturated carbocycles. The zero-order chi connectivity index (χ0) is 29.2. The van der Waals surface area contributed by atoms with E-state index in [0.29, 0.717) is 53.8 Å². The fraction of sp³-hybridized carbons (Fsp3) is 0.0323. The monoisotopic (exact) mass is 660 g/mol. The van der Waals surface area contributed by atoms with E-state index < -0.39 is 0 Å². The van der Waals surface area contributed by atoms with E-state index in [0.717, 1.165) is 5.39 Å². The number of ether oxygens (including phenoxy) is 1. The number of nitrogens with one attached hydrogen (secondary N) is 1. The molecule has 6 aromatic rings. The van der Waals surface area contributed by atoms with Gasteiger partial charge in [0.1, 0.15) is 11.3 Å². The standard InChI is InChI=1S/C31H19BrCl2N4O4/c32-24-13-18(5-11-27(24)41-17-29(39)36-22-9-6-20(33)7-10-22)16-35-38-30(37-25-4-2-1-3-23(25)31(38)40)28-15-19-14-21(34)8-12-26(19)42-28/h1-16H,17H2,(H,36,39). The number of halogens is 3. The Kier molecular flexibility index (Phi) is 7.80. The average molecular weight is 662 g/mol. The Labute approximate surface area is 257 Å². The van der Waals surface area contributed by atoms with Crippen molar-refractivity contribution < 1.29 is 13.9 Å². The topological polar surface area (TPSA) is 98.7 Å². The molecule has 0 radical (unpaired) electrons. The molecule has 4 aromatic carbocycles. The van der Waals surface area contributed by atoms with Gasteiger partial charge in [-0.05, 0) is 100 Å². The van der Waals surface area contributed by atoms with Crippen LogP contribution >= 0.6 is 39.1 Å². The van der Waals surface area contributed by atoms with Crippen LogP contribution in [0.15, 0.2) is 110 Å². The normalized spacial score (nSPS) is 11.4. The van der Waals surface area contributed by atoms with Gasteiger partial charge in [-0.3, -0.25) is 9.59 Å². The van der Waals surface area contributed by atoms with E-state index in [1.807, 2.05) is 6.07 Å². The summed E-state index contributed by atoms with van der Waals surface area (Å²) in [6, 6.07) is 26.1. The summed E-state index contributed by atoms with van der Waals surface area (Å²) in [5.74, 6) is 0.755. The molecule has 0 atom stereocenters. The minimum atomic E-state index is -0.351. The van der Waals surface area contributed by atoms with E-state index in [-0.39, 0.29) is 23.9 Å². The minimum absolute atomic E-state index is 0.196. The second kappa shape index (κ2) is 11.8. The minimum Gasteiger partial charge on any atom is -0.483 e. The van der Waals surface area contributed by atoms with Crippen LogP contribution in [0.4, 0.5) is 5.69 Å². The molecule has 0 aliphatic rings. The molecule has 6 rings (SSSR count). The van der Waals surface area contributed by atoms with Gasteiger partial charge in [0.2, 0.25) is 5.82 Å². The van der Waals surface area contributed by atoms with E-state index in [4.69, 9.17) is 37.3 Å². The van der Waals surface area contributed by atoms with E-state index in [2.05, 4.69) is 26.3 Å². The second-order valence-corrected chi connectivity index (χ2v) is 10.9. The summed E-state index contributed by atoms with van der Waals surface area (Å²) >= 11 is 15.5.